The van der Waals surface area contributed by atoms with E-state index in [1.807, 2.05) is 0 Å². The Morgan fingerprint density at radius 2 is 2.06 bits per heavy atom. The Morgan fingerprint density at radius 1 is 1.41 bits per heavy atom. The molecule has 0 heterocycles. The van der Waals surface area contributed by atoms with Gasteiger partial charge in [0.25, 0.3) is 0 Å². The van der Waals surface area contributed by atoms with Crippen molar-refractivity contribution in [1.29, 1.82) is 0 Å². The Kier molecular flexibility index (Phi) is 5.40. The Balaban J connectivity index is 2.41. The van der Waals surface area contributed by atoms with Crippen molar-refractivity contribution in [2.24, 2.45) is 17.6 Å². The maximum absolute atomic E-state index is 12.0. The molecule has 1 amide bonds. The second kappa shape index (κ2) is 6.36. The molecule has 0 aliphatic heterocycles. The fourth-order valence-electron chi connectivity index (χ4n) is 2.67. The van der Waals surface area contributed by atoms with Gasteiger partial charge in [0.1, 0.15) is 0 Å². The van der Waals surface area contributed by atoms with Gasteiger partial charge in [-0.2, -0.15) is 0 Å². The summed E-state index contributed by atoms with van der Waals surface area (Å²) >= 11 is 0. The van der Waals surface area contributed by atoms with Gasteiger partial charge in [-0.3, -0.25) is 4.79 Å². The third-order valence-electron chi connectivity index (χ3n) is 3.82. The summed E-state index contributed by atoms with van der Waals surface area (Å²) in [6.07, 6.45) is 3.02. The summed E-state index contributed by atoms with van der Waals surface area (Å²) in [5.41, 5.74) is 5.93. The molecule has 0 spiro atoms. The number of carbonyl (C=O) groups is 1. The molecule has 1 saturated carbocycles. The molecule has 1 rings (SSSR count). The summed E-state index contributed by atoms with van der Waals surface area (Å²) in [4.78, 5) is 14.2. The molecule has 0 aromatic carbocycles. The third kappa shape index (κ3) is 3.96. The number of likely N-dealkylation sites (N-methyl/N-ethyl adjacent to an activating group) is 1. The van der Waals surface area contributed by atoms with E-state index >= 15 is 0 Å². The van der Waals surface area contributed by atoms with E-state index in [4.69, 9.17) is 5.73 Å². The first-order valence-electron chi connectivity index (χ1n) is 6.63. The molecule has 0 aromatic heterocycles. The van der Waals surface area contributed by atoms with Gasteiger partial charge >= 0.3 is 0 Å². The molecule has 0 radical (unpaired) electrons. The number of hydrogen-bond donors (Lipinski definition) is 2. The van der Waals surface area contributed by atoms with Crippen LogP contribution in [0.1, 0.15) is 33.1 Å². The smallest absolute Gasteiger partial charge is 0.224 e. The monoisotopic (exact) mass is 241 g/mol. The van der Waals surface area contributed by atoms with Crippen LogP contribution in [-0.4, -0.2) is 43.5 Å². The average Bonchev–Trinajstić information content (AvgIpc) is 2.63. The van der Waals surface area contributed by atoms with Crippen molar-refractivity contribution < 1.29 is 4.79 Å². The molecule has 4 heteroatoms. The second-order valence-electron chi connectivity index (χ2n) is 5.72. The highest BCUT2D eigenvalue weighted by Gasteiger charge is 2.30. The molecule has 100 valence electrons. The van der Waals surface area contributed by atoms with Crippen LogP contribution in [0.15, 0.2) is 0 Å². The van der Waals surface area contributed by atoms with Crippen LogP contribution < -0.4 is 11.1 Å². The van der Waals surface area contributed by atoms with Crippen LogP contribution in [0, 0.1) is 11.8 Å². The first-order valence-corrected chi connectivity index (χ1v) is 6.63. The lowest BCUT2D eigenvalue weighted by Gasteiger charge is -2.28. The number of nitrogens with two attached hydrogens (primary N) is 1. The van der Waals surface area contributed by atoms with Crippen molar-refractivity contribution in [1.82, 2.24) is 10.2 Å². The largest absolute Gasteiger partial charge is 0.354 e. The summed E-state index contributed by atoms with van der Waals surface area (Å²) in [5.74, 6) is 0.704. The predicted molar refractivity (Wildman–Crippen MR) is 70.6 cm³/mol. The molecule has 1 aliphatic carbocycles. The lowest BCUT2D eigenvalue weighted by molar-refractivity contribution is -0.125. The van der Waals surface area contributed by atoms with Crippen LogP contribution in [-0.2, 0) is 4.79 Å². The summed E-state index contributed by atoms with van der Waals surface area (Å²) < 4.78 is 0. The highest BCUT2D eigenvalue weighted by atomic mass is 16.1. The lowest BCUT2D eigenvalue weighted by atomic mass is 10.0. The first kappa shape index (κ1) is 14.5. The first-order chi connectivity index (χ1) is 7.93. The quantitative estimate of drug-likeness (QED) is 0.749. The van der Waals surface area contributed by atoms with Crippen molar-refractivity contribution in [3.05, 3.63) is 0 Å². The number of nitrogens with one attached hydrogen (secondary N) is 1. The average molecular weight is 241 g/mol. The van der Waals surface area contributed by atoms with Crippen molar-refractivity contribution in [3.63, 3.8) is 0 Å². The van der Waals surface area contributed by atoms with Crippen molar-refractivity contribution in [2.75, 3.05) is 20.6 Å². The van der Waals surface area contributed by atoms with Crippen LogP contribution in [0.3, 0.4) is 0 Å². The highest BCUT2D eigenvalue weighted by molar-refractivity contribution is 5.79. The van der Waals surface area contributed by atoms with Gasteiger partial charge in [0.2, 0.25) is 5.91 Å². The van der Waals surface area contributed by atoms with Gasteiger partial charge in [-0.05, 0) is 32.9 Å². The Labute approximate surface area is 105 Å². The molecule has 0 saturated heterocycles. The molecule has 3 N–H and O–H groups in total. The van der Waals surface area contributed by atoms with E-state index < -0.39 is 0 Å². The minimum absolute atomic E-state index is 0.0324. The van der Waals surface area contributed by atoms with E-state index in [-0.39, 0.29) is 17.9 Å². The van der Waals surface area contributed by atoms with E-state index in [0.717, 1.165) is 19.3 Å². The summed E-state index contributed by atoms with van der Waals surface area (Å²) in [6, 6.07) is 0.448. The van der Waals surface area contributed by atoms with Crippen LogP contribution >= 0.6 is 0 Å². The minimum Gasteiger partial charge on any atom is -0.354 e. The predicted octanol–water partition coefficient (Wildman–Crippen LogP) is 0.816. The van der Waals surface area contributed by atoms with Gasteiger partial charge in [-0.15, -0.1) is 0 Å². The van der Waals surface area contributed by atoms with E-state index in [1.165, 1.54) is 0 Å². The maximum atomic E-state index is 12.0. The Bertz CT molecular complexity index is 245. The molecule has 0 aromatic rings. The Morgan fingerprint density at radius 3 is 2.47 bits per heavy atom. The summed E-state index contributed by atoms with van der Waals surface area (Å²) in [5, 5.41) is 3.06. The van der Waals surface area contributed by atoms with Gasteiger partial charge in [0, 0.05) is 18.6 Å². The topological polar surface area (TPSA) is 58.4 Å². The molecule has 1 fully saturated rings. The highest BCUT2D eigenvalue weighted by Crippen LogP contribution is 2.23. The zero-order valence-corrected chi connectivity index (χ0v) is 11.6. The molecule has 3 atom stereocenters. The third-order valence-corrected chi connectivity index (χ3v) is 3.82. The van der Waals surface area contributed by atoms with E-state index in [1.54, 1.807) is 0 Å². The van der Waals surface area contributed by atoms with Gasteiger partial charge in [-0.25, -0.2) is 0 Å². The Hall–Kier alpha value is -0.610. The number of carbonyl (C=O) groups excluding carboxylic acids is 1. The zero-order chi connectivity index (χ0) is 13.0. The lowest BCUT2D eigenvalue weighted by Crippen LogP contribution is -2.46. The van der Waals surface area contributed by atoms with Crippen LogP contribution in [0.25, 0.3) is 0 Å². The SMILES string of the molecule is CC(C)C(CNC(=O)C1CCCC1N)N(C)C. The molecule has 0 bridgehead atoms. The standard InChI is InChI=1S/C13H27N3O/c1-9(2)12(16(3)4)8-15-13(17)10-6-5-7-11(10)14/h9-12H,5-8,14H2,1-4H3,(H,15,17). The van der Waals surface area contributed by atoms with Crippen LogP contribution in [0.4, 0.5) is 0 Å². The van der Waals surface area contributed by atoms with Crippen molar-refractivity contribution in [3.8, 4) is 0 Å². The summed E-state index contributed by atoms with van der Waals surface area (Å²) in [7, 11) is 4.11. The summed E-state index contributed by atoms with van der Waals surface area (Å²) in [6.45, 7) is 5.07. The van der Waals surface area contributed by atoms with Crippen molar-refractivity contribution in [2.45, 2.75) is 45.2 Å². The van der Waals surface area contributed by atoms with Gasteiger partial charge in [0.15, 0.2) is 0 Å². The minimum atomic E-state index is 0.0324. The molecule has 4 nitrogen and oxygen atoms in total. The van der Waals surface area contributed by atoms with Crippen LogP contribution in [0.2, 0.25) is 0 Å². The normalized spacial score (nSPS) is 26.5. The number of hydrogen-bond acceptors (Lipinski definition) is 3. The molecule has 17 heavy (non-hydrogen) atoms. The molecule has 1 aliphatic rings. The van der Waals surface area contributed by atoms with Crippen molar-refractivity contribution >= 4 is 5.91 Å². The second-order valence-corrected chi connectivity index (χ2v) is 5.72. The van der Waals surface area contributed by atoms with Crippen LogP contribution in [0.5, 0.6) is 0 Å². The fraction of sp³-hybridized carbons (Fsp3) is 0.923. The number of nitrogens with zero attached hydrogens (tertiary/aromatic N) is 1. The van der Waals surface area contributed by atoms with Gasteiger partial charge < -0.3 is 16.0 Å². The van der Waals surface area contributed by atoms with E-state index in [0.29, 0.717) is 18.5 Å². The van der Waals surface area contributed by atoms with E-state index in [9.17, 15) is 4.79 Å². The number of rotatable bonds is 5. The molecular weight excluding hydrogens is 214 g/mol. The fourth-order valence-corrected chi connectivity index (χ4v) is 2.67. The van der Waals surface area contributed by atoms with Gasteiger partial charge in [-0.1, -0.05) is 20.3 Å². The molecule has 3 unspecified atom stereocenters. The van der Waals surface area contributed by atoms with Gasteiger partial charge in [0.05, 0.1) is 5.92 Å². The molecular formula is C13H27N3O. The zero-order valence-electron chi connectivity index (χ0n) is 11.6. The van der Waals surface area contributed by atoms with E-state index in [2.05, 4.69) is 38.2 Å². The maximum Gasteiger partial charge on any atom is 0.224 e. The number of amides is 1.